The minimum atomic E-state index is -0.534. The second-order valence-corrected chi connectivity index (χ2v) is 6.45. The zero-order chi connectivity index (χ0) is 17.4. The number of benzene rings is 1. The molecule has 0 unspecified atom stereocenters. The maximum Gasteiger partial charge on any atom is 0.235 e. The van der Waals surface area contributed by atoms with Crippen LogP contribution in [0.25, 0.3) is 10.9 Å². The van der Waals surface area contributed by atoms with E-state index < -0.39 is 5.41 Å². The molecule has 1 amide bonds. The molecule has 1 aliphatic carbocycles. The summed E-state index contributed by atoms with van der Waals surface area (Å²) in [6, 6.07) is 7.83. The molecule has 1 saturated carbocycles. The predicted molar refractivity (Wildman–Crippen MR) is 96.6 cm³/mol. The van der Waals surface area contributed by atoms with Crippen LogP contribution in [0, 0.1) is 5.41 Å². The number of aromatic amines is 1. The number of amides is 1. The van der Waals surface area contributed by atoms with Crippen molar-refractivity contribution in [3.63, 3.8) is 0 Å². The molecule has 0 saturated heterocycles. The first-order chi connectivity index (χ1) is 12.1. The highest BCUT2D eigenvalue weighted by molar-refractivity contribution is 6.01. The average molecular weight is 336 g/mol. The zero-order valence-electron chi connectivity index (χ0n) is 14.1. The Morgan fingerprint density at radius 3 is 2.84 bits per heavy atom. The number of H-pyrrole nitrogens is 1. The van der Waals surface area contributed by atoms with Crippen molar-refractivity contribution >= 4 is 22.5 Å². The molecule has 2 N–H and O–H groups in total. The number of carbonyl (C=O) groups is 1. The third-order valence-corrected chi connectivity index (χ3v) is 4.89. The van der Waals surface area contributed by atoms with Gasteiger partial charge in [0.25, 0.3) is 0 Å². The molecule has 0 spiro atoms. The molecule has 1 aromatic carbocycles. The summed E-state index contributed by atoms with van der Waals surface area (Å²) in [4.78, 5) is 16.1. The lowest BCUT2D eigenvalue weighted by Gasteiger charge is -2.17. The Bertz CT molecular complexity index is 916. The summed E-state index contributed by atoms with van der Waals surface area (Å²) in [5.74, 6) is 1.39. The van der Waals surface area contributed by atoms with Gasteiger partial charge in [0, 0.05) is 22.8 Å². The second-order valence-electron chi connectivity index (χ2n) is 6.45. The molecular formula is C20H20N2O3. The molecule has 1 aromatic heterocycles. The minimum Gasteiger partial charge on any atom is -0.458 e. The second kappa shape index (κ2) is 5.84. The van der Waals surface area contributed by atoms with Crippen molar-refractivity contribution < 1.29 is 14.3 Å². The van der Waals surface area contributed by atoms with E-state index in [1.807, 2.05) is 43.5 Å². The fraction of sp³-hybridized carbons (Fsp3) is 0.250. The van der Waals surface area contributed by atoms with Gasteiger partial charge in [-0.2, -0.15) is 0 Å². The van der Waals surface area contributed by atoms with Gasteiger partial charge in [-0.3, -0.25) is 4.79 Å². The third-order valence-electron chi connectivity index (χ3n) is 4.89. The quantitative estimate of drug-likeness (QED) is 0.803. The predicted octanol–water partition coefficient (Wildman–Crippen LogP) is 4.23. The molecule has 1 aliphatic heterocycles. The molecule has 5 nitrogen and oxygen atoms in total. The van der Waals surface area contributed by atoms with Crippen LogP contribution in [-0.2, 0) is 14.3 Å². The van der Waals surface area contributed by atoms with E-state index in [-0.39, 0.29) is 12.7 Å². The van der Waals surface area contributed by atoms with Crippen LogP contribution in [0.3, 0.4) is 0 Å². The summed E-state index contributed by atoms with van der Waals surface area (Å²) < 4.78 is 10.8. The van der Waals surface area contributed by atoms with Gasteiger partial charge in [0.15, 0.2) is 5.76 Å². The number of anilines is 1. The largest absolute Gasteiger partial charge is 0.458 e. The number of nitrogens with one attached hydrogen (secondary N) is 2. The van der Waals surface area contributed by atoms with E-state index in [2.05, 4.69) is 16.9 Å². The summed E-state index contributed by atoms with van der Waals surface area (Å²) in [5.41, 5.74) is 2.18. The van der Waals surface area contributed by atoms with Crippen LogP contribution in [0.4, 0.5) is 5.69 Å². The van der Waals surface area contributed by atoms with Gasteiger partial charge in [-0.25, -0.2) is 0 Å². The highest BCUT2D eigenvalue weighted by atomic mass is 16.7. The van der Waals surface area contributed by atoms with Gasteiger partial charge in [-0.1, -0.05) is 12.7 Å². The average Bonchev–Trinajstić information content (AvgIpc) is 3.11. The summed E-state index contributed by atoms with van der Waals surface area (Å²) >= 11 is 0. The van der Waals surface area contributed by atoms with E-state index in [1.165, 1.54) is 0 Å². The van der Waals surface area contributed by atoms with Crippen molar-refractivity contribution in [2.75, 3.05) is 12.1 Å². The first-order valence-electron chi connectivity index (χ1n) is 8.32. The number of hydrogen-bond donors (Lipinski definition) is 2. The Labute approximate surface area is 146 Å². The standard InChI is InChI=1S/C20H20N2O3/c1-3-15(11-18-13(2)24-12-25-18)20(7-8-20)19(23)22-16-4-5-17-14(10-16)6-9-21-17/h3-6,9-11,21H,1,7-8,12H2,2H3,(H,22,23)/b15-11+. The van der Waals surface area contributed by atoms with E-state index in [4.69, 9.17) is 9.47 Å². The number of aromatic nitrogens is 1. The number of carbonyl (C=O) groups excluding carboxylic acids is 1. The van der Waals surface area contributed by atoms with E-state index >= 15 is 0 Å². The molecule has 2 heterocycles. The van der Waals surface area contributed by atoms with E-state index in [1.54, 1.807) is 6.08 Å². The molecule has 1 fully saturated rings. The van der Waals surface area contributed by atoms with Gasteiger partial charge in [-0.05, 0) is 55.7 Å². The van der Waals surface area contributed by atoms with Crippen LogP contribution in [0.5, 0.6) is 0 Å². The summed E-state index contributed by atoms with van der Waals surface area (Å²) in [7, 11) is 0. The molecule has 0 atom stereocenters. The molecule has 5 heteroatoms. The lowest BCUT2D eigenvalue weighted by atomic mass is 9.93. The first kappa shape index (κ1) is 15.6. The SMILES string of the molecule is C=C/C(=C\C1=C(C)OCO1)C1(C(=O)Nc2ccc3[nH]ccc3c2)CC1. The Morgan fingerprint density at radius 1 is 1.32 bits per heavy atom. The smallest absolute Gasteiger partial charge is 0.235 e. The van der Waals surface area contributed by atoms with Crippen LogP contribution in [0.15, 0.2) is 66.3 Å². The monoisotopic (exact) mass is 336 g/mol. The van der Waals surface area contributed by atoms with Crippen molar-refractivity contribution in [3.05, 3.63) is 66.3 Å². The normalized spacial score (nSPS) is 18.7. The van der Waals surface area contributed by atoms with Gasteiger partial charge in [0.05, 0.1) is 5.41 Å². The Morgan fingerprint density at radius 2 is 2.16 bits per heavy atom. The molecular weight excluding hydrogens is 316 g/mol. The fourth-order valence-corrected chi connectivity index (χ4v) is 3.18. The van der Waals surface area contributed by atoms with Crippen LogP contribution in [-0.4, -0.2) is 17.7 Å². The van der Waals surface area contributed by atoms with Crippen molar-refractivity contribution in [2.24, 2.45) is 5.41 Å². The number of allylic oxidation sites excluding steroid dienone is 3. The number of hydrogen-bond acceptors (Lipinski definition) is 3. The maximum atomic E-state index is 12.9. The van der Waals surface area contributed by atoms with Crippen LogP contribution < -0.4 is 5.32 Å². The molecule has 2 aliphatic rings. The Hall–Kier alpha value is -2.95. The highest BCUT2D eigenvalue weighted by Crippen LogP contribution is 2.53. The summed E-state index contributed by atoms with van der Waals surface area (Å²) in [6.45, 7) is 5.96. The lowest BCUT2D eigenvalue weighted by molar-refractivity contribution is -0.119. The van der Waals surface area contributed by atoms with E-state index in [0.717, 1.165) is 40.8 Å². The molecule has 25 heavy (non-hydrogen) atoms. The van der Waals surface area contributed by atoms with Crippen molar-refractivity contribution in [1.82, 2.24) is 4.98 Å². The molecule has 0 radical (unpaired) electrons. The topological polar surface area (TPSA) is 63.4 Å². The minimum absolute atomic E-state index is 0.00861. The van der Waals surface area contributed by atoms with Crippen molar-refractivity contribution in [2.45, 2.75) is 19.8 Å². The van der Waals surface area contributed by atoms with E-state index in [9.17, 15) is 4.79 Å². The highest BCUT2D eigenvalue weighted by Gasteiger charge is 2.52. The van der Waals surface area contributed by atoms with Crippen LogP contribution in [0.1, 0.15) is 19.8 Å². The number of fused-ring (bicyclic) bond motifs is 1. The molecule has 4 rings (SSSR count). The Kier molecular flexibility index (Phi) is 3.64. The van der Waals surface area contributed by atoms with Crippen molar-refractivity contribution in [1.29, 1.82) is 0 Å². The number of ether oxygens (including phenoxy) is 2. The number of rotatable bonds is 5. The summed E-state index contributed by atoms with van der Waals surface area (Å²) in [6.07, 6.45) is 7.10. The first-order valence-corrected chi connectivity index (χ1v) is 8.32. The fourth-order valence-electron chi connectivity index (χ4n) is 3.18. The Balaban J connectivity index is 1.58. The van der Waals surface area contributed by atoms with Gasteiger partial charge < -0.3 is 19.8 Å². The van der Waals surface area contributed by atoms with Crippen LogP contribution in [0.2, 0.25) is 0 Å². The molecule has 0 bridgehead atoms. The lowest BCUT2D eigenvalue weighted by Crippen LogP contribution is -2.25. The van der Waals surface area contributed by atoms with Gasteiger partial charge in [0.2, 0.25) is 12.7 Å². The van der Waals surface area contributed by atoms with Crippen LogP contribution >= 0.6 is 0 Å². The van der Waals surface area contributed by atoms with Gasteiger partial charge in [-0.15, -0.1) is 0 Å². The molecule has 2 aromatic rings. The van der Waals surface area contributed by atoms with Gasteiger partial charge in [0.1, 0.15) is 5.76 Å². The summed E-state index contributed by atoms with van der Waals surface area (Å²) in [5, 5.41) is 4.12. The molecule has 128 valence electrons. The van der Waals surface area contributed by atoms with Crippen molar-refractivity contribution in [3.8, 4) is 0 Å². The zero-order valence-corrected chi connectivity index (χ0v) is 14.1. The maximum absolute atomic E-state index is 12.9. The third kappa shape index (κ3) is 2.71. The van der Waals surface area contributed by atoms with E-state index in [0.29, 0.717) is 5.76 Å². The van der Waals surface area contributed by atoms with Gasteiger partial charge >= 0.3 is 0 Å².